The predicted octanol–water partition coefficient (Wildman–Crippen LogP) is 4.49. The molecule has 6 nitrogen and oxygen atoms in total. The van der Waals surface area contributed by atoms with Crippen molar-refractivity contribution < 1.29 is 25.0 Å². The average Bonchev–Trinajstić information content (AvgIpc) is 2.94. The van der Waals surface area contributed by atoms with Gasteiger partial charge >= 0.3 is 0 Å². The van der Waals surface area contributed by atoms with Crippen molar-refractivity contribution in [2.45, 2.75) is 4.90 Å². The van der Waals surface area contributed by atoms with Gasteiger partial charge in [0.2, 0.25) is 4.90 Å². The molecule has 0 saturated heterocycles. The van der Waals surface area contributed by atoms with Gasteiger partial charge in [0.15, 0.2) is 23.0 Å². The maximum atomic E-state index is 13.4. The van der Waals surface area contributed by atoms with Gasteiger partial charge in [-0.25, -0.2) is 0 Å². The zero-order chi connectivity index (χ0) is 19.5. The van der Waals surface area contributed by atoms with Crippen LogP contribution in [0.4, 0.5) is 0 Å². The molecule has 0 fully saturated rings. The molecule has 1 aromatic heterocycles. The van der Waals surface area contributed by atoms with Crippen LogP contribution in [-0.2, 0) is 11.4 Å². The molecule has 0 radical (unpaired) electrons. The van der Waals surface area contributed by atoms with Gasteiger partial charge in [-0.2, -0.15) is 3.97 Å². The molecule has 0 aliphatic carbocycles. The topological polar surface area (TPSA) is 109 Å². The first-order valence-corrected chi connectivity index (χ1v) is 9.44. The Bertz CT molecular complexity index is 1220. The van der Waals surface area contributed by atoms with Gasteiger partial charge in [0.05, 0.1) is 5.02 Å². The molecular formula is C18H11Cl2NO5S. The maximum absolute atomic E-state index is 13.4. The van der Waals surface area contributed by atoms with Crippen LogP contribution in [0.15, 0.2) is 47.4 Å². The lowest BCUT2D eigenvalue weighted by Crippen LogP contribution is -2.13. The molecule has 3 aromatic carbocycles. The summed E-state index contributed by atoms with van der Waals surface area (Å²) in [5.41, 5.74) is 0.319. The van der Waals surface area contributed by atoms with Crippen molar-refractivity contribution in [3.8, 4) is 23.0 Å². The summed E-state index contributed by atoms with van der Waals surface area (Å²) in [6, 6.07) is 9.76. The van der Waals surface area contributed by atoms with Crippen molar-refractivity contribution in [1.82, 2.24) is 3.97 Å². The fourth-order valence-electron chi connectivity index (χ4n) is 2.94. The summed E-state index contributed by atoms with van der Waals surface area (Å²) >= 11 is 10.2. The Morgan fingerprint density at radius 2 is 1.52 bits per heavy atom. The number of hydrogen-bond acceptors (Lipinski definition) is 5. The Kier molecular flexibility index (Phi) is 4.20. The molecule has 9 heteroatoms. The van der Waals surface area contributed by atoms with Crippen LogP contribution in [-0.4, -0.2) is 29.0 Å². The van der Waals surface area contributed by atoms with Crippen LogP contribution in [0.3, 0.4) is 0 Å². The standard InChI is InChI=1S/C18H11Cl2NO5S/c19-8-1-3-11(20)16(5-8)27(26)21-12-7-15(24)14(23)6-10(12)9-2-4-13(22)18(25)17(9)21/h1-7,22-25H. The number of benzene rings is 3. The second-order valence-corrected chi connectivity index (χ2v) is 7.95. The fraction of sp³-hybridized carbons (Fsp3) is 0. The maximum Gasteiger partial charge on any atom is 0.200 e. The van der Waals surface area contributed by atoms with Crippen molar-refractivity contribution in [3.63, 3.8) is 0 Å². The molecule has 0 bridgehead atoms. The molecule has 0 amide bonds. The average molecular weight is 424 g/mol. The molecule has 138 valence electrons. The first kappa shape index (κ1) is 17.9. The van der Waals surface area contributed by atoms with Gasteiger partial charge in [-0.1, -0.05) is 23.2 Å². The number of halogens is 2. The summed E-state index contributed by atoms with van der Waals surface area (Å²) in [7, 11) is 0. The molecule has 1 atom stereocenters. The lowest BCUT2D eigenvalue weighted by molar-refractivity contribution is 0.405. The summed E-state index contributed by atoms with van der Waals surface area (Å²) in [5.74, 6) is -1.70. The normalized spacial score (nSPS) is 12.7. The molecule has 0 aliphatic rings. The fourth-order valence-corrected chi connectivity index (χ4v) is 4.84. The lowest BCUT2D eigenvalue weighted by atomic mass is 10.1. The van der Waals surface area contributed by atoms with Gasteiger partial charge in [0.1, 0.15) is 22.4 Å². The highest BCUT2D eigenvalue weighted by Gasteiger charge is 2.28. The van der Waals surface area contributed by atoms with Crippen molar-refractivity contribution in [1.29, 1.82) is 0 Å². The minimum absolute atomic E-state index is 0.0596. The van der Waals surface area contributed by atoms with Crippen LogP contribution in [0.25, 0.3) is 21.8 Å². The smallest absolute Gasteiger partial charge is 0.200 e. The second-order valence-electron chi connectivity index (χ2n) is 5.81. The number of hydrogen-bond donors (Lipinski definition) is 4. The third-order valence-electron chi connectivity index (χ3n) is 4.18. The van der Waals surface area contributed by atoms with E-state index < -0.39 is 28.6 Å². The second kappa shape index (κ2) is 6.31. The minimum Gasteiger partial charge on any atom is -0.587 e. The van der Waals surface area contributed by atoms with Crippen LogP contribution < -0.4 is 0 Å². The van der Waals surface area contributed by atoms with E-state index in [1.54, 1.807) is 6.07 Å². The van der Waals surface area contributed by atoms with Gasteiger partial charge < -0.3 is 25.0 Å². The van der Waals surface area contributed by atoms with E-state index in [0.717, 1.165) is 0 Å². The highest BCUT2D eigenvalue weighted by molar-refractivity contribution is 7.90. The molecule has 1 unspecified atom stereocenters. The molecule has 4 aromatic rings. The van der Waals surface area contributed by atoms with E-state index in [0.29, 0.717) is 15.8 Å². The predicted molar refractivity (Wildman–Crippen MR) is 104 cm³/mol. The van der Waals surface area contributed by atoms with Crippen LogP contribution in [0.5, 0.6) is 23.0 Å². The summed E-state index contributed by atoms with van der Waals surface area (Å²) < 4.78 is 14.6. The van der Waals surface area contributed by atoms with Gasteiger partial charge in [-0.15, -0.1) is 0 Å². The van der Waals surface area contributed by atoms with Crippen molar-refractivity contribution in [2.24, 2.45) is 0 Å². The highest BCUT2D eigenvalue weighted by atomic mass is 35.5. The third kappa shape index (κ3) is 2.71. The van der Waals surface area contributed by atoms with Gasteiger partial charge in [0, 0.05) is 27.9 Å². The Hall–Kier alpha value is -2.45. The van der Waals surface area contributed by atoms with E-state index in [9.17, 15) is 25.0 Å². The van der Waals surface area contributed by atoms with Crippen molar-refractivity contribution in [2.75, 3.05) is 0 Å². The minimum atomic E-state index is -1.98. The SMILES string of the molecule is [O-][S+](c1cc(Cl)ccc1Cl)n1c2cc(O)c(O)cc2c2ccc(O)c(O)c21. The molecule has 0 aliphatic heterocycles. The van der Waals surface area contributed by atoms with E-state index in [4.69, 9.17) is 23.2 Å². The largest absolute Gasteiger partial charge is 0.587 e. The zero-order valence-electron chi connectivity index (χ0n) is 13.3. The Labute approximate surface area is 165 Å². The lowest BCUT2D eigenvalue weighted by Gasteiger charge is -2.15. The monoisotopic (exact) mass is 423 g/mol. The Balaban J connectivity index is 2.15. The number of phenols is 4. The van der Waals surface area contributed by atoms with Gasteiger partial charge in [0.25, 0.3) is 0 Å². The number of aromatic nitrogens is 1. The van der Waals surface area contributed by atoms with Crippen LogP contribution in [0, 0.1) is 0 Å². The van der Waals surface area contributed by atoms with E-state index in [2.05, 4.69) is 0 Å². The van der Waals surface area contributed by atoms with Crippen LogP contribution in [0.2, 0.25) is 10.0 Å². The van der Waals surface area contributed by atoms with Crippen molar-refractivity contribution >= 4 is 56.4 Å². The Morgan fingerprint density at radius 1 is 0.815 bits per heavy atom. The van der Waals surface area contributed by atoms with E-state index in [-0.39, 0.29) is 26.7 Å². The summed E-state index contributed by atoms with van der Waals surface area (Å²) in [5, 5.41) is 41.5. The number of aromatic hydroxyl groups is 4. The number of rotatable bonds is 2. The summed E-state index contributed by atoms with van der Waals surface area (Å²) in [6.07, 6.45) is 0. The van der Waals surface area contributed by atoms with Crippen molar-refractivity contribution in [3.05, 3.63) is 52.5 Å². The first-order chi connectivity index (χ1) is 12.8. The van der Waals surface area contributed by atoms with E-state index >= 15 is 0 Å². The molecule has 1 heterocycles. The number of nitrogens with zero attached hydrogens (tertiary/aromatic N) is 1. The summed E-state index contributed by atoms with van der Waals surface area (Å²) in [6.45, 7) is 0. The Morgan fingerprint density at radius 3 is 2.26 bits per heavy atom. The number of fused-ring (bicyclic) bond motifs is 3. The number of phenolic OH excluding ortho intramolecular Hbond substituents is 4. The van der Waals surface area contributed by atoms with E-state index in [1.165, 1.54) is 40.4 Å². The quantitative estimate of drug-likeness (QED) is 0.280. The van der Waals surface area contributed by atoms with E-state index in [1.807, 2.05) is 0 Å². The summed E-state index contributed by atoms with van der Waals surface area (Å²) in [4.78, 5) is 0.179. The van der Waals surface area contributed by atoms with Crippen LogP contribution in [0.1, 0.15) is 0 Å². The van der Waals surface area contributed by atoms with Gasteiger partial charge in [-0.05, 0) is 30.3 Å². The zero-order valence-corrected chi connectivity index (χ0v) is 15.7. The highest BCUT2D eigenvalue weighted by Crippen LogP contribution is 2.44. The third-order valence-corrected chi connectivity index (χ3v) is 6.28. The molecule has 4 N–H and O–H groups in total. The molecule has 0 spiro atoms. The first-order valence-electron chi connectivity index (χ1n) is 7.58. The molecule has 27 heavy (non-hydrogen) atoms. The molecule has 0 saturated carbocycles. The van der Waals surface area contributed by atoms with Crippen LogP contribution >= 0.6 is 23.2 Å². The van der Waals surface area contributed by atoms with Gasteiger partial charge in [-0.3, -0.25) is 0 Å². The molecular weight excluding hydrogens is 413 g/mol. The molecule has 4 rings (SSSR count).